The summed E-state index contributed by atoms with van der Waals surface area (Å²) in [6.07, 6.45) is 4.66. The topological polar surface area (TPSA) is 134 Å². The van der Waals surface area contributed by atoms with Gasteiger partial charge in [0.05, 0.1) is 23.7 Å². The summed E-state index contributed by atoms with van der Waals surface area (Å²) in [6, 6.07) is 16.8. The van der Waals surface area contributed by atoms with Gasteiger partial charge >= 0.3 is 11.9 Å². The molecule has 10 nitrogen and oxygen atoms in total. The van der Waals surface area contributed by atoms with Crippen molar-refractivity contribution in [3.05, 3.63) is 106 Å². The lowest BCUT2D eigenvalue weighted by Gasteiger charge is -2.11. The molecule has 3 aromatic carbocycles. The summed E-state index contributed by atoms with van der Waals surface area (Å²) in [4.78, 5) is 46.4. The first-order valence-corrected chi connectivity index (χ1v) is 12.7. The zero-order chi connectivity index (χ0) is 28.9. The number of anilines is 1. The Kier molecular flexibility index (Phi) is 11.0. The second-order valence-electron chi connectivity index (χ2n) is 8.78. The average molecular weight is 547 g/mol. The van der Waals surface area contributed by atoms with Crippen LogP contribution in [0.1, 0.15) is 52.0 Å². The fraction of sp³-hybridized carbons (Fsp3) is 0.233. The molecule has 0 aromatic heterocycles. The maximum atomic E-state index is 12.7. The van der Waals surface area contributed by atoms with Crippen LogP contribution in [-0.4, -0.2) is 36.0 Å². The third kappa shape index (κ3) is 9.09. The zero-order valence-corrected chi connectivity index (χ0v) is 22.1. The SMILES string of the molecule is C=CC(=O)OCCCCCCOc1ccc(C(=O)Nc2ccc(C(=O)Oc3ccc([N+](=O)[O-])cc3)c(C)c2)cc1. The van der Waals surface area contributed by atoms with Crippen molar-refractivity contribution < 1.29 is 33.5 Å². The van der Waals surface area contributed by atoms with E-state index in [9.17, 15) is 24.5 Å². The number of nitro benzene ring substituents is 1. The van der Waals surface area contributed by atoms with Crippen LogP contribution in [0.15, 0.2) is 79.4 Å². The van der Waals surface area contributed by atoms with Gasteiger partial charge in [0.1, 0.15) is 11.5 Å². The molecule has 0 unspecified atom stereocenters. The lowest BCUT2D eigenvalue weighted by atomic mass is 10.1. The Morgan fingerprint density at radius 3 is 2.17 bits per heavy atom. The second kappa shape index (κ2) is 14.8. The van der Waals surface area contributed by atoms with Crippen molar-refractivity contribution in [2.45, 2.75) is 32.6 Å². The van der Waals surface area contributed by atoms with Crippen molar-refractivity contribution in [1.82, 2.24) is 0 Å². The van der Waals surface area contributed by atoms with Crippen LogP contribution in [-0.2, 0) is 9.53 Å². The quantitative estimate of drug-likeness (QED) is 0.0646. The predicted octanol–water partition coefficient (Wildman–Crippen LogP) is 6.04. The molecule has 3 aromatic rings. The Bertz CT molecular complexity index is 1350. The van der Waals surface area contributed by atoms with Crippen LogP contribution >= 0.6 is 0 Å². The minimum absolute atomic E-state index is 0.104. The van der Waals surface area contributed by atoms with Crippen molar-refractivity contribution in [2.24, 2.45) is 0 Å². The first-order chi connectivity index (χ1) is 19.3. The summed E-state index contributed by atoms with van der Waals surface area (Å²) >= 11 is 0. The number of ether oxygens (including phenoxy) is 3. The molecule has 0 heterocycles. The van der Waals surface area contributed by atoms with Crippen LogP contribution in [0, 0.1) is 17.0 Å². The van der Waals surface area contributed by atoms with Gasteiger partial charge in [0.2, 0.25) is 0 Å². The number of carbonyl (C=O) groups excluding carboxylic acids is 3. The number of nitro groups is 1. The molecule has 0 aliphatic carbocycles. The molecular weight excluding hydrogens is 516 g/mol. The standard InChI is InChI=1S/C30H30N2O8/c1-3-28(33)39-19-7-5-4-6-18-38-25-13-8-22(9-14-25)29(34)31-23-10-17-27(21(2)20-23)30(35)40-26-15-11-24(12-16-26)32(36)37/h3,8-17,20H,1,4-7,18-19H2,2H3,(H,31,34). The number of hydrogen-bond acceptors (Lipinski definition) is 8. The maximum Gasteiger partial charge on any atom is 0.343 e. The summed E-state index contributed by atoms with van der Waals surface area (Å²) < 4.78 is 16.0. The number of nitrogens with zero attached hydrogens (tertiary/aromatic N) is 1. The van der Waals surface area contributed by atoms with E-state index >= 15 is 0 Å². The number of amides is 1. The molecule has 0 saturated carbocycles. The molecule has 208 valence electrons. The molecule has 0 fully saturated rings. The van der Waals surface area contributed by atoms with Crippen molar-refractivity contribution in [3.8, 4) is 11.5 Å². The minimum Gasteiger partial charge on any atom is -0.494 e. The van der Waals surface area contributed by atoms with Gasteiger partial charge in [0.25, 0.3) is 11.6 Å². The molecule has 0 atom stereocenters. The van der Waals surface area contributed by atoms with E-state index in [1.807, 2.05) is 0 Å². The Balaban J connectivity index is 1.44. The number of carbonyl (C=O) groups is 3. The number of nitrogens with one attached hydrogen (secondary N) is 1. The van der Waals surface area contributed by atoms with Crippen molar-refractivity contribution in [1.29, 1.82) is 0 Å². The van der Waals surface area contributed by atoms with E-state index in [2.05, 4.69) is 11.9 Å². The molecule has 0 aliphatic rings. The smallest absolute Gasteiger partial charge is 0.343 e. The maximum absolute atomic E-state index is 12.7. The summed E-state index contributed by atoms with van der Waals surface area (Å²) in [5.74, 6) is -0.501. The largest absolute Gasteiger partial charge is 0.494 e. The molecule has 10 heteroatoms. The molecule has 40 heavy (non-hydrogen) atoms. The Morgan fingerprint density at radius 1 is 0.900 bits per heavy atom. The molecule has 0 saturated heterocycles. The highest BCUT2D eigenvalue weighted by Gasteiger charge is 2.15. The fourth-order valence-corrected chi connectivity index (χ4v) is 3.65. The number of esters is 2. The van der Waals surface area contributed by atoms with Crippen LogP contribution in [0.25, 0.3) is 0 Å². The third-order valence-electron chi connectivity index (χ3n) is 5.80. The first kappa shape index (κ1) is 29.6. The monoisotopic (exact) mass is 546 g/mol. The van der Waals surface area contributed by atoms with E-state index < -0.39 is 16.9 Å². The van der Waals surface area contributed by atoms with Gasteiger partial charge in [-0.2, -0.15) is 0 Å². The van der Waals surface area contributed by atoms with Gasteiger partial charge in [-0.05, 0) is 92.8 Å². The summed E-state index contributed by atoms with van der Waals surface area (Å²) in [6.45, 7) is 5.99. The molecule has 0 spiro atoms. The van der Waals surface area contributed by atoms with Gasteiger partial charge in [-0.15, -0.1) is 0 Å². The fourth-order valence-electron chi connectivity index (χ4n) is 3.65. The lowest BCUT2D eigenvalue weighted by Crippen LogP contribution is -2.14. The van der Waals surface area contributed by atoms with E-state index in [1.54, 1.807) is 49.4 Å². The van der Waals surface area contributed by atoms with E-state index in [0.717, 1.165) is 31.8 Å². The highest BCUT2D eigenvalue weighted by molar-refractivity contribution is 6.04. The van der Waals surface area contributed by atoms with Crippen LogP contribution in [0.4, 0.5) is 11.4 Å². The average Bonchev–Trinajstić information content (AvgIpc) is 2.94. The minimum atomic E-state index is -0.617. The number of aryl methyl sites for hydroxylation is 1. The Morgan fingerprint density at radius 2 is 1.55 bits per heavy atom. The van der Waals surface area contributed by atoms with Crippen LogP contribution in [0.2, 0.25) is 0 Å². The Labute approximate surface area is 231 Å². The van der Waals surface area contributed by atoms with Gasteiger partial charge in [0.15, 0.2) is 0 Å². The molecule has 3 rings (SSSR count). The molecule has 0 radical (unpaired) electrons. The van der Waals surface area contributed by atoms with Crippen LogP contribution in [0.3, 0.4) is 0 Å². The summed E-state index contributed by atoms with van der Waals surface area (Å²) in [5.41, 5.74) is 1.74. The summed E-state index contributed by atoms with van der Waals surface area (Å²) in [5, 5.41) is 13.6. The predicted molar refractivity (Wildman–Crippen MR) is 149 cm³/mol. The van der Waals surface area contributed by atoms with Crippen molar-refractivity contribution in [3.63, 3.8) is 0 Å². The van der Waals surface area contributed by atoms with E-state index in [0.29, 0.717) is 41.3 Å². The second-order valence-corrected chi connectivity index (χ2v) is 8.78. The van der Waals surface area contributed by atoms with E-state index in [-0.39, 0.29) is 17.3 Å². The Hall–Kier alpha value is -4.99. The van der Waals surface area contributed by atoms with Crippen molar-refractivity contribution >= 4 is 29.2 Å². The highest BCUT2D eigenvalue weighted by atomic mass is 16.6. The summed E-state index contributed by atoms with van der Waals surface area (Å²) in [7, 11) is 0. The number of rotatable bonds is 14. The van der Waals surface area contributed by atoms with Crippen molar-refractivity contribution in [2.75, 3.05) is 18.5 Å². The normalized spacial score (nSPS) is 10.3. The highest BCUT2D eigenvalue weighted by Crippen LogP contribution is 2.22. The molecule has 0 aliphatic heterocycles. The van der Waals surface area contributed by atoms with Crippen LogP contribution < -0.4 is 14.8 Å². The van der Waals surface area contributed by atoms with E-state index in [4.69, 9.17) is 14.2 Å². The molecule has 1 amide bonds. The number of unbranched alkanes of at least 4 members (excludes halogenated alkanes) is 3. The van der Waals surface area contributed by atoms with Gasteiger partial charge in [-0.1, -0.05) is 6.58 Å². The first-order valence-electron chi connectivity index (χ1n) is 12.7. The zero-order valence-electron chi connectivity index (χ0n) is 22.1. The molecule has 1 N–H and O–H groups in total. The number of hydrogen-bond donors (Lipinski definition) is 1. The lowest BCUT2D eigenvalue weighted by molar-refractivity contribution is -0.384. The molecule has 0 bridgehead atoms. The third-order valence-corrected chi connectivity index (χ3v) is 5.80. The number of benzene rings is 3. The van der Waals surface area contributed by atoms with Gasteiger partial charge in [0, 0.05) is 29.5 Å². The number of non-ortho nitro benzene ring substituents is 1. The van der Waals surface area contributed by atoms with Crippen LogP contribution in [0.5, 0.6) is 11.5 Å². The van der Waals surface area contributed by atoms with E-state index in [1.165, 1.54) is 24.3 Å². The van der Waals surface area contributed by atoms with Gasteiger partial charge < -0.3 is 19.5 Å². The van der Waals surface area contributed by atoms with Gasteiger partial charge in [-0.25, -0.2) is 9.59 Å². The van der Waals surface area contributed by atoms with Gasteiger partial charge in [-0.3, -0.25) is 14.9 Å². The molecular formula is C30H30N2O8.